The molecule has 1 saturated carbocycles. The summed E-state index contributed by atoms with van der Waals surface area (Å²) in [6, 6.07) is 12.2. The average molecular weight is 544 g/mol. The van der Waals surface area contributed by atoms with Crippen molar-refractivity contribution in [2.45, 2.75) is 69.4 Å². The van der Waals surface area contributed by atoms with Gasteiger partial charge in [-0.25, -0.2) is 0 Å². The second-order valence-electron chi connectivity index (χ2n) is 11.6. The third kappa shape index (κ3) is 4.06. The van der Waals surface area contributed by atoms with Crippen molar-refractivity contribution in [1.82, 2.24) is 10.2 Å². The minimum atomic E-state index is -1.20. The normalized spacial score (nSPS) is 30.0. The van der Waals surface area contributed by atoms with Gasteiger partial charge in [-0.3, -0.25) is 14.4 Å². The molecule has 7 rings (SSSR count). The maximum absolute atomic E-state index is 14.2. The molecule has 2 aromatic rings. The lowest BCUT2D eigenvalue weighted by Crippen LogP contribution is -2.56. The van der Waals surface area contributed by atoms with Crippen molar-refractivity contribution in [1.29, 1.82) is 0 Å². The zero-order valence-corrected chi connectivity index (χ0v) is 22.4. The number of hydrogen-bond acceptors (Lipinski definition) is 6. The monoisotopic (exact) mass is 543 g/mol. The summed E-state index contributed by atoms with van der Waals surface area (Å²) in [6.07, 6.45) is 8.28. The van der Waals surface area contributed by atoms with Gasteiger partial charge >= 0.3 is 0 Å². The van der Waals surface area contributed by atoms with Crippen molar-refractivity contribution >= 4 is 23.4 Å². The van der Waals surface area contributed by atoms with Crippen LogP contribution < -0.4 is 20.1 Å². The van der Waals surface area contributed by atoms with E-state index in [-0.39, 0.29) is 37.1 Å². The van der Waals surface area contributed by atoms with E-state index in [1.807, 2.05) is 61.5 Å². The van der Waals surface area contributed by atoms with Gasteiger partial charge in [-0.15, -0.1) is 0 Å². The van der Waals surface area contributed by atoms with Crippen molar-refractivity contribution in [2.75, 3.05) is 12.1 Å². The molecule has 4 aliphatic heterocycles. The fourth-order valence-electron chi connectivity index (χ4n) is 7.06. The van der Waals surface area contributed by atoms with Crippen LogP contribution in [0.4, 0.5) is 5.69 Å². The number of aryl methyl sites for hydroxylation is 1. The first-order chi connectivity index (χ1) is 19.4. The molecule has 2 aromatic carbocycles. The minimum absolute atomic E-state index is 0.0717. The molecule has 1 aliphatic carbocycles. The van der Waals surface area contributed by atoms with Crippen molar-refractivity contribution in [3.05, 3.63) is 65.7 Å². The zero-order chi connectivity index (χ0) is 27.4. The molecule has 2 N–H and O–H groups in total. The molecular formula is C31H33N3O6. The molecule has 3 unspecified atom stereocenters. The number of nitrogens with zero attached hydrogens (tertiary/aromatic N) is 1. The largest absolute Gasteiger partial charge is 0.454 e. The Kier molecular flexibility index (Phi) is 6.07. The third-order valence-electron chi connectivity index (χ3n) is 8.99. The number of likely N-dealkylation sites (tertiary alicyclic amines) is 1. The van der Waals surface area contributed by atoms with Crippen LogP contribution in [0.25, 0.3) is 0 Å². The summed E-state index contributed by atoms with van der Waals surface area (Å²) < 4.78 is 17.5. The van der Waals surface area contributed by atoms with Crippen LogP contribution in [-0.4, -0.2) is 53.2 Å². The standard InChI is InChI=1S/C31H33N3O6/c1-18-7-10-21(11-8-18)32-28(35)25-23-13-14-31(40-23)26(25)30(37)34(16-19-9-12-22-24(15-19)39-17-38-22)27(31)29(36)33-20-5-3-2-4-6-20/h7-15,20,23,25-27H,2-6,16-17H2,1H3,(H,32,35)(H,33,36)/t23-,25?,26-,27?,31?/m0/s1. The Hall–Kier alpha value is -3.85. The molecule has 3 fully saturated rings. The van der Waals surface area contributed by atoms with Gasteiger partial charge in [-0.2, -0.15) is 0 Å². The summed E-state index contributed by atoms with van der Waals surface area (Å²) in [5.41, 5.74) is 1.35. The molecule has 40 heavy (non-hydrogen) atoms. The van der Waals surface area contributed by atoms with Crippen LogP contribution in [0.1, 0.15) is 43.2 Å². The predicted octanol–water partition coefficient (Wildman–Crippen LogP) is 3.46. The van der Waals surface area contributed by atoms with Crippen LogP contribution in [0.5, 0.6) is 11.5 Å². The minimum Gasteiger partial charge on any atom is -0.454 e. The molecule has 3 amide bonds. The van der Waals surface area contributed by atoms with Gasteiger partial charge in [-0.1, -0.05) is 55.2 Å². The number of carbonyl (C=O) groups is 3. The average Bonchev–Trinajstić information content (AvgIpc) is 3.71. The lowest BCUT2D eigenvalue weighted by atomic mass is 9.74. The van der Waals surface area contributed by atoms with E-state index in [4.69, 9.17) is 14.2 Å². The van der Waals surface area contributed by atoms with E-state index in [0.29, 0.717) is 17.2 Å². The Bertz CT molecular complexity index is 1380. The number of nitrogens with one attached hydrogen (secondary N) is 2. The van der Waals surface area contributed by atoms with Gasteiger partial charge in [0.1, 0.15) is 11.6 Å². The van der Waals surface area contributed by atoms with Crippen LogP contribution in [-0.2, 0) is 25.7 Å². The quantitative estimate of drug-likeness (QED) is 0.541. The number of hydrogen-bond donors (Lipinski definition) is 2. The molecule has 208 valence electrons. The second kappa shape index (κ2) is 9.66. The van der Waals surface area contributed by atoms with E-state index < -0.39 is 29.6 Å². The van der Waals surface area contributed by atoms with E-state index in [1.54, 1.807) is 4.90 Å². The lowest BCUT2D eigenvalue weighted by Gasteiger charge is -2.34. The molecule has 9 heteroatoms. The van der Waals surface area contributed by atoms with Gasteiger partial charge in [0, 0.05) is 18.3 Å². The summed E-state index contributed by atoms with van der Waals surface area (Å²) in [4.78, 5) is 43.5. The number of benzene rings is 2. The van der Waals surface area contributed by atoms with Gasteiger partial charge < -0.3 is 29.7 Å². The molecule has 1 spiro atoms. The summed E-state index contributed by atoms with van der Waals surface area (Å²) in [6.45, 7) is 2.32. The van der Waals surface area contributed by atoms with Crippen molar-refractivity contribution in [3.8, 4) is 11.5 Å². The van der Waals surface area contributed by atoms with Crippen LogP contribution in [0.3, 0.4) is 0 Å². The highest BCUT2D eigenvalue weighted by molar-refractivity contribution is 6.02. The molecule has 2 bridgehead atoms. The smallest absolute Gasteiger partial charge is 0.246 e. The summed E-state index contributed by atoms with van der Waals surface area (Å²) >= 11 is 0. The number of ether oxygens (including phenoxy) is 3. The molecule has 2 saturated heterocycles. The van der Waals surface area contributed by atoms with Crippen LogP contribution in [0.2, 0.25) is 0 Å². The molecular weight excluding hydrogens is 510 g/mol. The summed E-state index contributed by atoms with van der Waals surface area (Å²) in [5, 5.41) is 6.20. The predicted molar refractivity (Wildman–Crippen MR) is 145 cm³/mol. The van der Waals surface area contributed by atoms with E-state index in [2.05, 4.69) is 10.6 Å². The molecule has 5 aliphatic rings. The van der Waals surface area contributed by atoms with Crippen molar-refractivity contribution in [2.24, 2.45) is 11.8 Å². The molecule has 0 radical (unpaired) electrons. The molecule has 4 heterocycles. The first-order valence-electron chi connectivity index (χ1n) is 14.2. The number of anilines is 1. The SMILES string of the molecule is Cc1ccc(NC(=O)C2[C@@H]3C=CC4(O3)C(C(=O)NC3CCCCC3)N(Cc3ccc5c(c3)OCO5)C(=O)[C@H]24)cc1. The Labute approximate surface area is 232 Å². The number of fused-ring (bicyclic) bond motifs is 2. The van der Waals surface area contributed by atoms with Crippen LogP contribution >= 0.6 is 0 Å². The van der Waals surface area contributed by atoms with Crippen molar-refractivity contribution < 1.29 is 28.6 Å². The summed E-state index contributed by atoms with van der Waals surface area (Å²) in [7, 11) is 0. The van der Waals surface area contributed by atoms with Gasteiger partial charge in [0.15, 0.2) is 11.5 Å². The third-order valence-corrected chi connectivity index (χ3v) is 8.99. The Morgan fingerprint density at radius 3 is 2.58 bits per heavy atom. The van der Waals surface area contributed by atoms with Gasteiger partial charge in [0.25, 0.3) is 0 Å². The number of rotatable bonds is 6. The summed E-state index contributed by atoms with van der Waals surface area (Å²) in [5.74, 6) is -1.05. The Morgan fingerprint density at radius 1 is 1.00 bits per heavy atom. The fourth-order valence-corrected chi connectivity index (χ4v) is 7.06. The first-order valence-corrected chi connectivity index (χ1v) is 14.2. The first kappa shape index (κ1) is 25.1. The zero-order valence-electron chi connectivity index (χ0n) is 22.4. The Balaban J connectivity index is 1.21. The lowest BCUT2D eigenvalue weighted by molar-refractivity contribution is -0.142. The molecule has 9 nitrogen and oxygen atoms in total. The maximum Gasteiger partial charge on any atom is 0.246 e. The highest BCUT2D eigenvalue weighted by Gasteiger charge is 2.72. The van der Waals surface area contributed by atoms with Gasteiger partial charge in [-0.05, 0) is 49.6 Å². The topological polar surface area (TPSA) is 106 Å². The maximum atomic E-state index is 14.2. The van der Waals surface area contributed by atoms with Crippen LogP contribution in [0, 0.1) is 18.8 Å². The molecule has 0 aromatic heterocycles. The molecule has 5 atom stereocenters. The van der Waals surface area contributed by atoms with E-state index >= 15 is 0 Å². The van der Waals surface area contributed by atoms with E-state index in [0.717, 1.165) is 36.8 Å². The Morgan fingerprint density at radius 2 is 1.77 bits per heavy atom. The van der Waals surface area contributed by atoms with Crippen LogP contribution in [0.15, 0.2) is 54.6 Å². The van der Waals surface area contributed by atoms with Gasteiger partial charge in [0.05, 0.1) is 17.9 Å². The number of amides is 3. The highest BCUT2D eigenvalue weighted by atomic mass is 16.7. The van der Waals surface area contributed by atoms with E-state index in [1.165, 1.54) is 6.42 Å². The number of carbonyl (C=O) groups excluding carboxylic acids is 3. The van der Waals surface area contributed by atoms with E-state index in [9.17, 15) is 14.4 Å². The second-order valence-corrected chi connectivity index (χ2v) is 11.6. The fraction of sp³-hybridized carbons (Fsp3) is 0.452. The van der Waals surface area contributed by atoms with Crippen molar-refractivity contribution in [3.63, 3.8) is 0 Å². The highest BCUT2D eigenvalue weighted by Crippen LogP contribution is 2.55. The van der Waals surface area contributed by atoms with Gasteiger partial charge in [0.2, 0.25) is 24.5 Å².